The van der Waals surface area contributed by atoms with E-state index in [0.29, 0.717) is 18.0 Å². The molecule has 0 unspecified atom stereocenters. The van der Waals surface area contributed by atoms with Gasteiger partial charge in [-0.25, -0.2) is 9.37 Å². The second kappa shape index (κ2) is 6.92. The van der Waals surface area contributed by atoms with Gasteiger partial charge in [0.15, 0.2) is 5.82 Å². The van der Waals surface area contributed by atoms with Gasteiger partial charge in [0.2, 0.25) is 0 Å². The van der Waals surface area contributed by atoms with Gasteiger partial charge in [-0.3, -0.25) is 4.68 Å². The van der Waals surface area contributed by atoms with Crippen LogP contribution in [0.2, 0.25) is 0 Å². The summed E-state index contributed by atoms with van der Waals surface area (Å²) >= 11 is 1.62. The van der Waals surface area contributed by atoms with Gasteiger partial charge >= 0.3 is 0 Å². The van der Waals surface area contributed by atoms with Crippen LogP contribution >= 0.6 is 11.3 Å². The predicted molar refractivity (Wildman–Crippen MR) is 112 cm³/mol. The number of nitrogens with zero attached hydrogens (tertiary/aromatic N) is 3. The summed E-state index contributed by atoms with van der Waals surface area (Å²) in [4.78, 5) is 4.64. The molecule has 7 heteroatoms. The molecule has 28 heavy (non-hydrogen) atoms. The smallest absolute Gasteiger partial charge is 0.150 e. The van der Waals surface area contributed by atoms with Crippen molar-refractivity contribution in [3.8, 4) is 11.1 Å². The molecule has 5 nitrogen and oxygen atoms in total. The number of hydrogen-bond donors (Lipinski definition) is 2. The van der Waals surface area contributed by atoms with Crippen molar-refractivity contribution in [3.05, 3.63) is 46.9 Å². The van der Waals surface area contributed by atoms with Gasteiger partial charge in [-0.1, -0.05) is 0 Å². The highest BCUT2D eigenvalue weighted by Gasteiger charge is 2.21. The van der Waals surface area contributed by atoms with E-state index in [9.17, 15) is 4.39 Å². The maximum Gasteiger partial charge on any atom is 0.150 e. The molecule has 1 fully saturated rings. The van der Waals surface area contributed by atoms with Crippen LogP contribution in [0.15, 0.2) is 30.5 Å². The molecule has 1 aliphatic rings. The highest BCUT2D eigenvalue weighted by molar-refractivity contribution is 7.18. The Labute approximate surface area is 166 Å². The van der Waals surface area contributed by atoms with Crippen LogP contribution in [0.1, 0.15) is 29.3 Å². The van der Waals surface area contributed by atoms with Crippen LogP contribution in [0.3, 0.4) is 0 Å². The number of thiazole rings is 1. The molecule has 144 valence electrons. The average molecular weight is 396 g/mol. The Morgan fingerprint density at radius 2 is 1.96 bits per heavy atom. The van der Waals surface area contributed by atoms with Crippen LogP contribution in [0, 0.1) is 5.82 Å². The Balaban J connectivity index is 1.62. The summed E-state index contributed by atoms with van der Waals surface area (Å²) in [5, 5.41) is 9.93. The minimum absolute atomic E-state index is 0.260. The van der Waals surface area contributed by atoms with Crippen molar-refractivity contribution in [1.82, 2.24) is 20.1 Å². The fourth-order valence-electron chi connectivity index (χ4n) is 4.07. The number of nitrogens with two attached hydrogens (primary N) is 1. The maximum atomic E-state index is 14.9. The van der Waals surface area contributed by atoms with E-state index in [0.717, 1.165) is 63.2 Å². The van der Waals surface area contributed by atoms with Crippen molar-refractivity contribution in [3.63, 3.8) is 0 Å². The first kappa shape index (κ1) is 17.7. The summed E-state index contributed by atoms with van der Waals surface area (Å²) in [7, 11) is 1.89. The van der Waals surface area contributed by atoms with Crippen molar-refractivity contribution in [2.75, 3.05) is 13.1 Å². The van der Waals surface area contributed by atoms with E-state index in [-0.39, 0.29) is 5.82 Å². The van der Waals surface area contributed by atoms with Gasteiger partial charge in [0, 0.05) is 31.1 Å². The maximum absolute atomic E-state index is 14.9. The number of aromatic nitrogens is 3. The number of rotatable bonds is 3. The highest BCUT2D eigenvalue weighted by Crippen LogP contribution is 2.36. The molecule has 0 spiro atoms. The summed E-state index contributed by atoms with van der Waals surface area (Å²) in [6.07, 6.45) is 4.09. The van der Waals surface area contributed by atoms with Gasteiger partial charge in [-0.15, -0.1) is 11.3 Å². The van der Waals surface area contributed by atoms with Crippen LogP contribution in [-0.4, -0.2) is 27.9 Å². The van der Waals surface area contributed by atoms with Crippen LogP contribution in [0.25, 0.3) is 32.2 Å². The lowest BCUT2D eigenvalue weighted by molar-refractivity contribution is 0.459. The second-order valence-corrected chi connectivity index (χ2v) is 8.52. The zero-order valence-corrected chi connectivity index (χ0v) is 16.5. The number of hydrogen-bond acceptors (Lipinski definition) is 5. The van der Waals surface area contributed by atoms with Crippen molar-refractivity contribution in [2.24, 2.45) is 12.8 Å². The van der Waals surface area contributed by atoms with Crippen LogP contribution < -0.4 is 11.1 Å². The van der Waals surface area contributed by atoms with Crippen LogP contribution in [0.4, 0.5) is 4.39 Å². The Bertz CT molecular complexity index is 1170. The highest BCUT2D eigenvalue weighted by atomic mass is 32.1. The second-order valence-electron chi connectivity index (χ2n) is 7.46. The molecule has 0 aliphatic carbocycles. The molecule has 1 saturated heterocycles. The standard InChI is InChI=1S/C21H22FN5S/c1-27-11-16-7-13(6-15(10-23)19(16)26-27)14-8-17(22)20-18(9-14)28-21(25-20)12-2-4-24-5-3-12/h6-9,11-12,24H,2-5,10,23H2,1H3. The van der Waals surface area contributed by atoms with Gasteiger partial charge in [0.05, 0.1) is 15.2 Å². The Hall–Kier alpha value is -2.35. The number of aryl methyl sites for hydroxylation is 1. The van der Waals surface area contributed by atoms with Crippen molar-refractivity contribution >= 4 is 32.5 Å². The monoisotopic (exact) mass is 395 g/mol. The molecule has 5 rings (SSSR count). The third kappa shape index (κ3) is 2.99. The minimum Gasteiger partial charge on any atom is -0.326 e. The molecule has 0 amide bonds. The molecule has 0 radical (unpaired) electrons. The molecule has 2 aromatic carbocycles. The molecular weight excluding hydrogens is 373 g/mol. The lowest BCUT2D eigenvalue weighted by atomic mass is 9.99. The van der Waals surface area contributed by atoms with Gasteiger partial charge in [0.1, 0.15) is 5.52 Å². The number of benzene rings is 2. The molecule has 1 aliphatic heterocycles. The van der Waals surface area contributed by atoms with E-state index in [1.165, 1.54) is 0 Å². The number of fused-ring (bicyclic) bond motifs is 2. The zero-order valence-electron chi connectivity index (χ0n) is 15.7. The SMILES string of the molecule is Cn1cc2cc(-c3cc(F)c4nc(C5CCNCC5)sc4c3)cc(CN)c2n1. The molecule has 3 N–H and O–H groups in total. The minimum atomic E-state index is -0.260. The first-order valence-electron chi connectivity index (χ1n) is 9.60. The molecule has 0 saturated carbocycles. The normalized spacial score (nSPS) is 15.7. The topological polar surface area (TPSA) is 68.8 Å². The fourth-order valence-corrected chi connectivity index (χ4v) is 5.26. The molecular formula is C21H22FN5S. The van der Waals surface area contributed by atoms with Crippen molar-refractivity contribution in [1.29, 1.82) is 0 Å². The summed E-state index contributed by atoms with van der Waals surface area (Å²) < 4.78 is 17.6. The van der Waals surface area contributed by atoms with Crippen molar-refractivity contribution < 1.29 is 4.39 Å². The van der Waals surface area contributed by atoms with Gasteiger partial charge < -0.3 is 11.1 Å². The quantitative estimate of drug-likeness (QED) is 0.552. The molecule has 4 aromatic rings. The lowest BCUT2D eigenvalue weighted by Gasteiger charge is -2.20. The van der Waals surface area contributed by atoms with E-state index in [4.69, 9.17) is 5.73 Å². The third-order valence-electron chi connectivity index (χ3n) is 5.51. The fraction of sp³-hybridized carbons (Fsp3) is 0.333. The van der Waals surface area contributed by atoms with Crippen LogP contribution in [0.5, 0.6) is 0 Å². The number of halogens is 1. The first-order valence-corrected chi connectivity index (χ1v) is 10.4. The van der Waals surface area contributed by atoms with Gasteiger partial charge in [0.25, 0.3) is 0 Å². The van der Waals surface area contributed by atoms with E-state index in [2.05, 4.69) is 27.5 Å². The Morgan fingerprint density at radius 1 is 1.18 bits per heavy atom. The molecule has 3 heterocycles. The lowest BCUT2D eigenvalue weighted by Crippen LogP contribution is -2.26. The Kier molecular flexibility index (Phi) is 4.38. The Morgan fingerprint density at radius 3 is 2.75 bits per heavy atom. The van der Waals surface area contributed by atoms with Gasteiger partial charge in [-0.05, 0) is 66.9 Å². The molecule has 0 atom stereocenters. The van der Waals surface area contributed by atoms with Crippen molar-refractivity contribution in [2.45, 2.75) is 25.3 Å². The predicted octanol–water partition coefficient (Wildman–Crippen LogP) is 3.91. The first-order chi connectivity index (χ1) is 13.6. The average Bonchev–Trinajstić information content (AvgIpc) is 3.30. The summed E-state index contributed by atoms with van der Waals surface area (Å²) in [6.45, 7) is 2.40. The zero-order chi connectivity index (χ0) is 19.3. The molecule has 2 aromatic heterocycles. The summed E-state index contributed by atoms with van der Waals surface area (Å²) in [6, 6.07) is 7.71. The summed E-state index contributed by atoms with van der Waals surface area (Å²) in [5.41, 5.74) is 10.1. The van der Waals surface area contributed by atoms with Crippen LogP contribution in [-0.2, 0) is 13.6 Å². The number of nitrogens with one attached hydrogen (secondary N) is 1. The number of piperidine rings is 1. The van der Waals surface area contributed by atoms with Gasteiger partial charge in [-0.2, -0.15) is 5.10 Å². The van der Waals surface area contributed by atoms with E-state index < -0.39 is 0 Å². The van der Waals surface area contributed by atoms with E-state index >= 15 is 0 Å². The van der Waals surface area contributed by atoms with E-state index in [1.54, 1.807) is 22.1 Å². The summed E-state index contributed by atoms with van der Waals surface area (Å²) in [5.74, 6) is 0.168. The largest absolute Gasteiger partial charge is 0.326 e. The van der Waals surface area contributed by atoms with E-state index in [1.807, 2.05) is 19.3 Å². The third-order valence-corrected chi connectivity index (χ3v) is 6.67. The molecule has 0 bridgehead atoms.